The fraction of sp³-hybridized carbons (Fsp3) is 0.105. The van der Waals surface area contributed by atoms with Crippen molar-refractivity contribution in [2.24, 2.45) is 4.99 Å². The normalized spacial score (nSPS) is 12.0. The molecular formula is C19H13Cl3F3N5O. The third kappa shape index (κ3) is 6.61. The van der Waals surface area contributed by atoms with Gasteiger partial charge >= 0.3 is 6.18 Å². The lowest BCUT2D eigenvalue weighted by Gasteiger charge is -2.10. The van der Waals surface area contributed by atoms with Gasteiger partial charge in [-0.2, -0.15) is 18.3 Å². The van der Waals surface area contributed by atoms with Gasteiger partial charge in [0.25, 0.3) is 5.91 Å². The summed E-state index contributed by atoms with van der Waals surface area (Å²) in [7, 11) is 0. The van der Waals surface area contributed by atoms with Gasteiger partial charge in [-0.3, -0.25) is 15.2 Å². The zero-order chi connectivity index (χ0) is 22.6. The highest BCUT2D eigenvalue weighted by molar-refractivity contribution is 6.34. The maximum absolute atomic E-state index is 12.8. The van der Waals surface area contributed by atoms with Gasteiger partial charge in [0.15, 0.2) is 5.82 Å². The highest BCUT2D eigenvalue weighted by Gasteiger charge is 2.33. The van der Waals surface area contributed by atoms with Crippen LogP contribution in [0.1, 0.15) is 21.6 Å². The van der Waals surface area contributed by atoms with E-state index >= 15 is 0 Å². The minimum atomic E-state index is -4.60. The Morgan fingerprint density at radius 2 is 1.65 bits per heavy atom. The molecule has 0 aliphatic carbocycles. The van der Waals surface area contributed by atoms with Crippen molar-refractivity contribution in [2.75, 3.05) is 5.32 Å². The molecule has 0 aliphatic heterocycles. The minimum Gasteiger partial charge on any atom is -0.309 e. The van der Waals surface area contributed by atoms with Gasteiger partial charge in [0.1, 0.15) is 5.69 Å². The fourth-order valence-electron chi connectivity index (χ4n) is 2.42. The number of nitrogens with zero attached hydrogens (tertiary/aromatic N) is 2. The molecule has 2 aromatic carbocycles. The number of alkyl halides is 3. The van der Waals surface area contributed by atoms with Gasteiger partial charge in [-0.25, -0.2) is 4.99 Å². The molecule has 0 spiro atoms. The summed E-state index contributed by atoms with van der Waals surface area (Å²) in [6.07, 6.45) is -4.60. The van der Waals surface area contributed by atoms with Crippen molar-refractivity contribution in [3.63, 3.8) is 0 Å². The van der Waals surface area contributed by atoms with Gasteiger partial charge in [-0.05, 0) is 48.0 Å². The minimum absolute atomic E-state index is 0.0278. The first-order chi connectivity index (χ1) is 14.6. The van der Waals surface area contributed by atoms with E-state index in [9.17, 15) is 18.0 Å². The van der Waals surface area contributed by atoms with Crippen LogP contribution in [0.4, 0.5) is 19.0 Å². The van der Waals surface area contributed by atoms with Crippen molar-refractivity contribution < 1.29 is 18.0 Å². The van der Waals surface area contributed by atoms with Crippen LogP contribution in [0.5, 0.6) is 0 Å². The molecule has 1 heterocycles. The molecule has 0 radical (unpaired) electrons. The Balaban J connectivity index is 1.84. The Morgan fingerprint density at radius 3 is 2.23 bits per heavy atom. The van der Waals surface area contributed by atoms with E-state index in [0.717, 1.165) is 6.07 Å². The number of carbonyl (C=O) groups is 1. The second kappa shape index (κ2) is 9.59. The molecule has 3 N–H and O–H groups in total. The average molecular weight is 491 g/mol. The lowest BCUT2D eigenvalue weighted by molar-refractivity contribution is -0.141. The number of aromatic amines is 1. The number of amides is 1. The molecule has 0 fully saturated rings. The molecule has 3 aromatic rings. The van der Waals surface area contributed by atoms with Crippen molar-refractivity contribution in [3.05, 3.63) is 80.4 Å². The van der Waals surface area contributed by atoms with Crippen molar-refractivity contribution in [1.82, 2.24) is 15.5 Å². The number of rotatable bonds is 4. The van der Waals surface area contributed by atoms with Gasteiger partial charge in [0.2, 0.25) is 5.96 Å². The molecule has 1 aromatic heterocycles. The van der Waals surface area contributed by atoms with Gasteiger partial charge in [-0.15, -0.1) is 0 Å². The third-order valence-electron chi connectivity index (χ3n) is 3.81. The van der Waals surface area contributed by atoms with Gasteiger partial charge in [0.05, 0.1) is 6.54 Å². The Hall–Kier alpha value is -2.75. The standard InChI is InChI=1S/C19H13Cl3F3N5O/c20-12-3-1-11(2-4-12)17(31)28-18(26-9-10-5-13(21)7-14(22)6-10)27-16-8-15(29-30-16)19(23,24)25/h1-8H,9H2,(H3,26,27,28,29,30,31). The van der Waals surface area contributed by atoms with Crippen molar-refractivity contribution in [2.45, 2.75) is 12.7 Å². The van der Waals surface area contributed by atoms with E-state index in [1.54, 1.807) is 18.2 Å². The first-order valence-corrected chi connectivity index (χ1v) is 9.69. The highest BCUT2D eigenvalue weighted by atomic mass is 35.5. The summed E-state index contributed by atoms with van der Waals surface area (Å²) in [5, 5.41) is 11.7. The summed E-state index contributed by atoms with van der Waals surface area (Å²) >= 11 is 17.8. The summed E-state index contributed by atoms with van der Waals surface area (Å²) in [6.45, 7) is 0.0278. The van der Waals surface area contributed by atoms with E-state index in [1.165, 1.54) is 24.3 Å². The summed E-state index contributed by atoms with van der Waals surface area (Å²) in [5.74, 6) is -0.874. The molecule has 0 aliphatic rings. The lowest BCUT2D eigenvalue weighted by atomic mass is 10.2. The predicted octanol–water partition coefficient (Wildman–Crippen LogP) is 5.79. The van der Waals surface area contributed by atoms with Crippen LogP contribution in [0.3, 0.4) is 0 Å². The molecule has 0 unspecified atom stereocenters. The largest absolute Gasteiger partial charge is 0.432 e. The van der Waals surface area contributed by atoms with Crippen molar-refractivity contribution in [1.29, 1.82) is 0 Å². The molecular weight excluding hydrogens is 478 g/mol. The van der Waals surface area contributed by atoms with E-state index in [4.69, 9.17) is 34.8 Å². The van der Waals surface area contributed by atoms with E-state index in [0.29, 0.717) is 20.6 Å². The van der Waals surface area contributed by atoms with Crippen LogP contribution < -0.4 is 10.6 Å². The van der Waals surface area contributed by atoms with E-state index < -0.39 is 17.8 Å². The first kappa shape index (κ1) is 22.9. The number of guanidine groups is 1. The van der Waals surface area contributed by atoms with E-state index in [1.807, 2.05) is 5.10 Å². The van der Waals surface area contributed by atoms with Gasteiger partial charge in [0, 0.05) is 26.7 Å². The second-order valence-electron chi connectivity index (χ2n) is 6.19. The van der Waals surface area contributed by atoms with E-state index in [-0.39, 0.29) is 23.9 Å². The Labute approximate surface area is 189 Å². The van der Waals surface area contributed by atoms with Crippen LogP contribution in [-0.4, -0.2) is 22.1 Å². The summed E-state index contributed by atoms with van der Waals surface area (Å²) < 4.78 is 38.4. The molecule has 3 rings (SSSR count). The van der Waals surface area contributed by atoms with E-state index in [2.05, 4.69) is 20.7 Å². The number of carbonyl (C=O) groups excluding carboxylic acids is 1. The van der Waals surface area contributed by atoms with Crippen LogP contribution in [-0.2, 0) is 12.7 Å². The number of benzene rings is 2. The van der Waals surface area contributed by atoms with Crippen LogP contribution in [0.15, 0.2) is 53.5 Å². The number of H-pyrrole nitrogens is 1. The zero-order valence-corrected chi connectivity index (χ0v) is 17.7. The maximum Gasteiger partial charge on any atom is 0.432 e. The van der Waals surface area contributed by atoms with Crippen LogP contribution >= 0.6 is 34.8 Å². The Bertz CT molecular complexity index is 1090. The molecule has 0 bridgehead atoms. The average Bonchev–Trinajstić information content (AvgIpc) is 3.15. The molecule has 0 atom stereocenters. The number of nitrogens with one attached hydrogen (secondary N) is 3. The smallest absolute Gasteiger partial charge is 0.309 e. The van der Waals surface area contributed by atoms with Crippen LogP contribution in [0.25, 0.3) is 0 Å². The molecule has 162 valence electrons. The molecule has 6 nitrogen and oxygen atoms in total. The highest BCUT2D eigenvalue weighted by Crippen LogP contribution is 2.28. The SMILES string of the molecule is O=C(NC(=NCc1cc(Cl)cc(Cl)c1)Nc1cc(C(F)(F)F)[nH]n1)c1ccc(Cl)cc1. The predicted molar refractivity (Wildman–Crippen MR) is 114 cm³/mol. The van der Waals surface area contributed by atoms with Gasteiger partial charge < -0.3 is 5.32 Å². The molecule has 31 heavy (non-hydrogen) atoms. The third-order valence-corrected chi connectivity index (χ3v) is 4.50. The number of aromatic nitrogens is 2. The fourth-order valence-corrected chi connectivity index (χ4v) is 3.11. The number of halogens is 6. The second-order valence-corrected chi connectivity index (χ2v) is 7.50. The Morgan fingerprint density at radius 1 is 1.00 bits per heavy atom. The maximum atomic E-state index is 12.8. The summed E-state index contributed by atoms with van der Waals surface area (Å²) in [4.78, 5) is 16.7. The van der Waals surface area contributed by atoms with Gasteiger partial charge in [-0.1, -0.05) is 34.8 Å². The molecule has 12 heteroatoms. The van der Waals surface area contributed by atoms with Crippen molar-refractivity contribution >= 4 is 52.5 Å². The van der Waals surface area contributed by atoms with Crippen molar-refractivity contribution in [3.8, 4) is 0 Å². The van der Waals surface area contributed by atoms with Crippen LogP contribution in [0.2, 0.25) is 15.1 Å². The number of hydrogen-bond donors (Lipinski definition) is 3. The summed E-state index contributed by atoms with van der Waals surface area (Å²) in [6, 6.07) is 11.6. The number of hydrogen-bond acceptors (Lipinski definition) is 3. The Kier molecular flexibility index (Phi) is 7.09. The van der Waals surface area contributed by atoms with Crippen LogP contribution in [0, 0.1) is 0 Å². The monoisotopic (exact) mass is 489 g/mol. The number of aliphatic imine (C=N–C) groups is 1. The summed E-state index contributed by atoms with van der Waals surface area (Å²) in [5.41, 5.74) is -0.168. The molecule has 0 saturated carbocycles. The topological polar surface area (TPSA) is 82.2 Å². The lowest BCUT2D eigenvalue weighted by Crippen LogP contribution is -2.36. The number of anilines is 1. The zero-order valence-electron chi connectivity index (χ0n) is 15.4. The molecule has 1 amide bonds. The quantitative estimate of drug-likeness (QED) is 0.320. The first-order valence-electron chi connectivity index (χ1n) is 8.56. The molecule has 0 saturated heterocycles.